The van der Waals surface area contributed by atoms with Crippen LogP contribution in [-0.4, -0.2) is 36.6 Å². The lowest BCUT2D eigenvalue weighted by Crippen LogP contribution is -2.37. The van der Waals surface area contributed by atoms with E-state index in [2.05, 4.69) is 0 Å². The normalized spacial score (nSPS) is 20.8. The molecule has 3 aromatic rings. The molecule has 0 aliphatic carbocycles. The van der Waals surface area contributed by atoms with Crippen molar-refractivity contribution in [3.8, 4) is 11.5 Å². The molecule has 0 saturated carbocycles. The van der Waals surface area contributed by atoms with E-state index in [0.29, 0.717) is 29.4 Å². The molecule has 0 radical (unpaired) electrons. The Kier molecular flexibility index (Phi) is 6.49. The fraction of sp³-hybridized carbons (Fsp3) is 0.259. The first-order valence-corrected chi connectivity index (χ1v) is 11.9. The first-order chi connectivity index (χ1) is 17.9. The highest BCUT2D eigenvalue weighted by molar-refractivity contribution is 6.24. The number of benzene rings is 3. The number of hydroxylamine groups is 1. The van der Waals surface area contributed by atoms with E-state index in [0.717, 1.165) is 11.3 Å². The largest absolute Gasteiger partial charge is 0.493 e. The fourth-order valence-corrected chi connectivity index (χ4v) is 4.73. The zero-order valence-corrected chi connectivity index (χ0v) is 20.3. The number of carbonyl (C=O) groups is 2. The molecule has 190 valence electrons. The van der Waals surface area contributed by atoms with Gasteiger partial charge in [-0.3, -0.25) is 24.5 Å². The second-order valence-corrected chi connectivity index (χ2v) is 8.70. The van der Waals surface area contributed by atoms with E-state index in [9.17, 15) is 19.7 Å². The molecule has 2 aliphatic heterocycles. The highest BCUT2D eigenvalue weighted by atomic mass is 16.7. The van der Waals surface area contributed by atoms with Crippen molar-refractivity contribution in [2.75, 3.05) is 23.7 Å². The maximum Gasteiger partial charge on any atom is 0.269 e. The minimum atomic E-state index is -1.06. The van der Waals surface area contributed by atoms with Crippen LogP contribution in [0.2, 0.25) is 0 Å². The SMILES string of the molecule is CCCOc1ccc(C2C3C(=O)N(c4ccc([N+](=O)[O-])cc4)C(=O)C3ON2c2ccccc2)cc1OC. The standard InChI is InChI=1S/C27H25N3O7/c1-3-15-36-21-14-9-17(16-22(21)35-2)24-23-25(37-29(24)19-7-5-4-6-8-19)27(32)28(26(23)31)18-10-12-20(13-11-18)30(33)34/h4-14,16,23-25H,3,15H2,1-2H3. The van der Waals surface area contributed by atoms with Gasteiger partial charge in [-0.2, -0.15) is 0 Å². The van der Waals surface area contributed by atoms with Gasteiger partial charge in [0.05, 0.1) is 36.1 Å². The molecular weight excluding hydrogens is 478 g/mol. The summed E-state index contributed by atoms with van der Waals surface area (Å²) >= 11 is 0. The maximum absolute atomic E-state index is 13.7. The summed E-state index contributed by atoms with van der Waals surface area (Å²) in [6, 6.07) is 19.3. The number of anilines is 2. The van der Waals surface area contributed by atoms with Gasteiger partial charge in [0.15, 0.2) is 17.6 Å². The molecule has 2 aliphatic rings. The average Bonchev–Trinajstić information content (AvgIpc) is 3.43. The van der Waals surface area contributed by atoms with Crippen molar-refractivity contribution in [3.05, 3.63) is 88.5 Å². The number of hydrogen-bond donors (Lipinski definition) is 0. The van der Waals surface area contributed by atoms with Crippen LogP contribution in [-0.2, 0) is 14.4 Å². The van der Waals surface area contributed by atoms with Crippen LogP contribution in [0, 0.1) is 16.0 Å². The van der Waals surface area contributed by atoms with E-state index >= 15 is 0 Å². The zero-order chi connectivity index (χ0) is 26.1. The molecular formula is C27H25N3O7. The number of nitrogens with zero attached hydrogens (tertiary/aromatic N) is 3. The number of amides is 2. The van der Waals surface area contributed by atoms with E-state index in [4.69, 9.17) is 14.3 Å². The third-order valence-corrected chi connectivity index (χ3v) is 6.44. The van der Waals surface area contributed by atoms with Crippen LogP contribution in [0.1, 0.15) is 24.9 Å². The lowest BCUT2D eigenvalue weighted by Gasteiger charge is -2.29. The summed E-state index contributed by atoms with van der Waals surface area (Å²) in [6.07, 6.45) is -0.225. The number of para-hydroxylation sites is 1. The number of fused-ring (bicyclic) bond motifs is 1. The Morgan fingerprint density at radius 3 is 2.32 bits per heavy atom. The highest BCUT2D eigenvalue weighted by Gasteiger charge is 2.60. The monoisotopic (exact) mass is 503 g/mol. The van der Waals surface area contributed by atoms with E-state index < -0.39 is 34.8 Å². The number of non-ortho nitro benzene ring substituents is 1. The molecule has 2 heterocycles. The molecule has 3 atom stereocenters. The Bertz CT molecular complexity index is 1330. The summed E-state index contributed by atoms with van der Waals surface area (Å²) < 4.78 is 11.3. The molecule has 5 rings (SSSR count). The Morgan fingerprint density at radius 1 is 0.946 bits per heavy atom. The molecule has 2 fully saturated rings. The summed E-state index contributed by atoms with van der Waals surface area (Å²) in [5.74, 6) is -0.739. The summed E-state index contributed by atoms with van der Waals surface area (Å²) in [6.45, 7) is 2.54. The summed E-state index contributed by atoms with van der Waals surface area (Å²) in [4.78, 5) is 44.9. The lowest BCUT2D eigenvalue weighted by atomic mass is 9.90. The Balaban J connectivity index is 1.55. The van der Waals surface area contributed by atoms with E-state index in [1.54, 1.807) is 24.3 Å². The van der Waals surface area contributed by atoms with Crippen molar-refractivity contribution in [2.24, 2.45) is 5.92 Å². The number of nitro groups is 1. The van der Waals surface area contributed by atoms with E-state index in [1.807, 2.05) is 43.3 Å². The van der Waals surface area contributed by atoms with Crippen LogP contribution in [0.3, 0.4) is 0 Å². The van der Waals surface area contributed by atoms with Crippen molar-refractivity contribution in [1.82, 2.24) is 0 Å². The van der Waals surface area contributed by atoms with Crippen LogP contribution in [0.5, 0.6) is 11.5 Å². The van der Waals surface area contributed by atoms with Crippen molar-refractivity contribution in [1.29, 1.82) is 0 Å². The summed E-state index contributed by atoms with van der Waals surface area (Å²) in [5.41, 5.74) is 1.52. The number of carbonyl (C=O) groups excluding carboxylic acids is 2. The van der Waals surface area contributed by atoms with Gasteiger partial charge < -0.3 is 9.47 Å². The Labute approximate surface area is 213 Å². The number of methoxy groups -OCH3 is 1. The number of hydrogen-bond acceptors (Lipinski definition) is 8. The van der Waals surface area contributed by atoms with Crippen molar-refractivity contribution in [3.63, 3.8) is 0 Å². The van der Waals surface area contributed by atoms with Crippen LogP contribution >= 0.6 is 0 Å². The molecule has 10 heteroatoms. The van der Waals surface area contributed by atoms with Crippen LogP contribution in [0.4, 0.5) is 17.1 Å². The highest BCUT2D eigenvalue weighted by Crippen LogP contribution is 2.48. The summed E-state index contributed by atoms with van der Waals surface area (Å²) in [5, 5.41) is 12.6. The van der Waals surface area contributed by atoms with Crippen molar-refractivity contribution < 1.29 is 28.8 Å². The maximum atomic E-state index is 13.7. The molecule has 3 unspecified atom stereocenters. The van der Waals surface area contributed by atoms with Gasteiger partial charge in [0, 0.05) is 12.1 Å². The molecule has 0 bridgehead atoms. The van der Waals surface area contributed by atoms with E-state index in [1.165, 1.54) is 24.3 Å². The average molecular weight is 504 g/mol. The van der Waals surface area contributed by atoms with Gasteiger partial charge in [-0.15, -0.1) is 0 Å². The Hall–Kier alpha value is -4.44. The third kappa shape index (κ3) is 4.25. The second kappa shape index (κ2) is 9.90. The number of ether oxygens (including phenoxy) is 2. The van der Waals surface area contributed by atoms with Gasteiger partial charge in [-0.05, 0) is 48.4 Å². The molecule has 10 nitrogen and oxygen atoms in total. The predicted molar refractivity (Wildman–Crippen MR) is 134 cm³/mol. The number of imide groups is 1. The molecule has 0 spiro atoms. The fourth-order valence-electron chi connectivity index (χ4n) is 4.73. The third-order valence-electron chi connectivity index (χ3n) is 6.44. The minimum Gasteiger partial charge on any atom is -0.493 e. The molecule has 2 saturated heterocycles. The van der Waals surface area contributed by atoms with Crippen LogP contribution in [0.15, 0.2) is 72.8 Å². The molecule has 37 heavy (non-hydrogen) atoms. The predicted octanol–water partition coefficient (Wildman–Crippen LogP) is 4.44. The van der Waals surface area contributed by atoms with Gasteiger partial charge in [0.2, 0.25) is 5.91 Å². The van der Waals surface area contributed by atoms with Crippen molar-refractivity contribution >= 4 is 28.9 Å². The molecule has 0 aromatic heterocycles. The number of nitro benzene ring substituents is 1. The molecule has 2 amide bonds. The Morgan fingerprint density at radius 2 is 1.68 bits per heavy atom. The van der Waals surface area contributed by atoms with Gasteiger partial charge >= 0.3 is 0 Å². The van der Waals surface area contributed by atoms with E-state index in [-0.39, 0.29) is 11.4 Å². The van der Waals surface area contributed by atoms with Crippen molar-refractivity contribution in [2.45, 2.75) is 25.5 Å². The molecule has 0 N–H and O–H groups in total. The summed E-state index contributed by atoms with van der Waals surface area (Å²) in [7, 11) is 1.54. The molecule has 3 aromatic carbocycles. The zero-order valence-electron chi connectivity index (χ0n) is 20.3. The topological polar surface area (TPSA) is 111 Å². The van der Waals surface area contributed by atoms with Gasteiger partial charge in [-0.25, -0.2) is 9.96 Å². The van der Waals surface area contributed by atoms with Crippen LogP contribution in [0.25, 0.3) is 0 Å². The lowest BCUT2D eigenvalue weighted by molar-refractivity contribution is -0.384. The second-order valence-electron chi connectivity index (χ2n) is 8.70. The first-order valence-electron chi connectivity index (χ1n) is 11.9. The first kappa shape index (κ1) is 24.3. The number of rotatable bonds is 8. The smallest absolute Gasteiger partial charge is 0.269 e. The van der Waals surface area contributed by atoms with Gasteiger partial charge in [0.1, 0.15) is 5.92 Å². The van der Waals surface area contributed by atoms with Gasteiger partial charge in [-0.1, -0.05) is 31.2 Å². The van der Waals surface area contributed by atoms with Gasteiger partial charge in [0.25, 0.3) is 11.6 Å². The quantitative estimate of drug-likeness (QED) is 0.252. The minimum absolute atomic E-state index is 0.134. The van der Waals surface area contributed by atoms with Crippen LogP contribution < -0.4 is 19.4 Å².